The lowest BCUT2D eigenvalue weighted by molar-refractivity contribution is 0.0526. The maximum atomic E-state index is 12.5. The summed E-state index contributed by atoms with van der Waals surface area (Å²) in [6.45, 7) is 3.95. The zero-order chi connectivity index (χ0) is 18.0. The van der Waals surface area contributed by atoms with E-state index in [1.165, 1.54) is 0 Å². The number of carbonyl (C=O) groups excluding carboxylic acids is 1. The van der Waals surface area contributed by atoms with Crippen molar-refractivity contribution in [3.63, 3.8) is 0 Å². The molecule has 0 amide bonds. The van der Waals surface area contributed by atoms with Crippen LogP contribution in [0, 0.1) is 6.92 Å². The van der Waals surface area contributed by atoms with Gasteiger partial charge in [-0.1, -0.05) is 12.1 Å². The zero-order valence-electron chi connectivity index (χ0n) is 14.3. The number of fused-ring (bicyclic) bond motifs is 1. The van der Waals surface area contributed by atoms with Gasteiger partial charge in [0.05, 0.1) is 24.8 Å². The average Bonchev–Trinajstić information content (AvgIpc) is 2.62. The van der Waals surface area contributed by atoms with Gasteiger partial charge < -0.3 is 13.9 Å². The molecule has 0 unspecified atom stereocenters. The van der Waals surface area contributed by atoms with Crippen LogP contribution in [0.3, 0.4) is 0 Å². The van der Waals surface area contributed by atoms with Gasteiger partial charge in [-0.05, 0) is 49.2 Å². The van der Waals surface area contributed by atoms with Crippen LogP contribution in [0.5, 0.6) is 5.75 Å². The third kappa shape index (κ3) is 3.13. The number of hydrogen-bond donors (Lipinski definition) is 0. The zero-order valence-corrected chi connectivity index (χ0v) is 14.3. The van der Waals surface area contributed by atoms with Crippen molar-refractivity contribution >= 4 is 16.9 Å². The van der Waals surface area contributed by atoms with Crippen LogP contribution in [0.2, 0.25) is 0 Å². The van der Waals surface area contributed by atoms with Crippen LogP contribution in [0.25, 0.3) is 22.1 Å². The van der Waals surface area contributed by atoms with Crippen molar-refractivity contribution in [2.24, 2.45) is 0 Å². The first-order valence-electron chi connectivity index (χ1n) is 7.94. The molecule has 2 aromatic carbocycles. The van der Waals surface area contributed by atoms with Gasteiger partial charge in [0.1, 0.15) is 11.3 Å². The fraction of sp³-hybridized carbons (Fsp3) is 0.200. The molecule has 5 nitrogen and oxygen atoms in total. The highest BCUT2D eigenvalue weighted by atomic mass is 16.5. The van der Waals surface area contributed by atoms with E-state index in [-0.39, 0.29) is 5.97 Å². The van der Waals surface area contributed by atoms with Crippen LogP contribution in [-0.4, -0.2) is 19.7 Å². The molecule has 0 saturated carbocycles. The number of carbonyl (C=O) groups is 1. The topological polar surface area (TPSA) is 65.7 Å². The van der Waals surface area contributed by atoms with Gasteiger partial charge in [-0.25, -0.2) is 9.59 Å². The average molecular weight is 338 g/mol. The van der Waals surface area contributed by atoms with E-state index in [0.717, 1.165) is 10.9 Å². The van der Waals surface area contributed by atoms with Gasteiger partial charge in [0, 0.05) is 11.5 Å². The van der Waals surface area contributed by atoms with E-state index in [0.29, 0.717) is 34.6 Å². The highest BCUT2D eigenvalue weighted by molar-refractivity contribution is 5.91. The summed E-state index contributed by atoms with van der Waals surface area (Å²) < 4.78 is 15.6. The van der Waals surface area contributed by atoms with E-state index in [4.69, 9.17) is 13.9 Å². The number of aryl methyl sites for hydroxylation is 1. The molecule has 1 heterocycles. The van der Waals surface area contributed by atoms with Crippen molar-refractivity contribution in [1.82, 2.24) is 0 Å². The first-order valence-corrected chi connectivity index (χ1v) is 7.94. The molecule has 0 aliphatic carbocycles. The second kappa shape index (κ2) is 6.81. The Morgan fingerprint density at radius 1 is 1.12 bits per heavy atom. The maximum Gasteiger partial charge on any atom is 0.344 e. The lowest BCUT2D eigenvalue weighted by atomic mass is 9.98. The lowest BCUT2D eigenvalue weighted by Crippen LogP contribution is -2.07. The van der Waals surface area contributed by atoms with E-state index in [1.54, 1.807) is 44.4 Å². The molecule has 5 heteroatoms. The van der Waals surface area contributed by atoms with E-state index >= 15 is 0 Å². The second-order valence-electron chi connectivity index (χ2n) is 5.55. The highest BCUT2D eigenvalue weighted by Crippen LogP contribution is 2.29. The summed E-state index contributed by atoms with van der Waals surface area (Å²) in [6.07, 6.45) is 0. The number of hydrogen-bond acceptors (Lipinski definition) is 5. The molecule has 128 valence electrons. The molecule has 0 aliphatic heterocycles. The molecule has 0 spiro atoms. The van der Waals surface area contributed by atoms with E-state index in [9.17, 15) is 9.59 Å². The van der Waals surface area contributed by atoms with Crippen LogP contribution in [0.15, 0.2) is 51.7 Å². The van der Waals surface area contributed by atoms with Crippen molar-refractivity contribution < 1.29 is 18.7 Å². The summed E-state index contributed by atoms with van der Waals surface area (Å²) in [6, 6.07) is 12.1. The molecule has 0 radical (unpaired) electrons. The minimum Gasteiger partial charge on any atom is -0.497 e. The molecule has 0 fully saturated rings. The Morgan fingerprint density at radius 3 is 2.48 bits per heavy atom. The number of rotatable bonds is 4. The Labute approximate surface area is 144 Å². The van der Waals surface area contributed by atoms with Crippen LogP contribution in [-0.2, 0) is 4.74 Å². The molecule has 0 aliphatic rings. The van der Waals surface area contributed by atoms with Crippen LogP contribution in [0.4, 0.5) is 0 Å². The van der Waals surface area contributed by atoms with Gasteiger partial charge in [0.15, 0.2) is 0 Å². The summed E-state index contributed by atoms with van der Waals surface area (Å²) in [4.78, 5) is 24.2. The Morgan fingerprint density at radius 2 is 1.84 bits per heavy atom. The first kappa shape index (κ1) is 16.8. The van der Waals surface area contributed by atoms with E-state index < -0.39 is 5.63 Å². The summed E-state index contributed by atoms with van der Waals surface area (Å²) in [5, 5.41) is 0.838. The predicted octanol–water partition coefficient (Wildman–Crippen LogP) is 3.95. The summed E-state index contributed by atoms with van der Waals surface area (Å²) >= 11 is 0. The summed E-state index contributed by atoms with van der Waals surface area (Å²) in [7, 11) is 1.56. The van der Waals surface area contributed by atoms with Gasteiger partial charge in [-0.15, -0.1) is 0 Å². The Bertz CT molecular complexity index is 983. The van der Waals surface area contributed by atoms with E-state index in [1.807, 2.05) is 19.1 Å². The number of methoxy groups -OCH3 is 1. The molecule has 0 N–H and O–H groups in total. The standard InChI is InChI=1S/C20H18O5/c1-4-24-19(21)14-7-5-13(6-8-14)18-12(2)16-10-9-15(23-3)11-17(16)25-20(18)22/h5-11H,4H2,1-3H3. The molecule has 3 aromatic rings. The second-order valence-corrected chi connectivity index (χ2v) is 5.55. The lowest BCUT2D eigenvalue weighted by Gasteiger charge is -2.09. The minimum atomic E-state index is -0.429. The Hall–Kier alpha value is -3.08. The van der Waals surface area contributed by atoms with Gasteiger partial charge in [0.25, 0.3) is 0 Å². The van der Waals surface area contributed by atoms with Gasteiger partial charge in [0.2, 0.25) is 0 Å². The van der Waals surface area contributed by atoms with Crippen molar-refractivity contribution in [2.75, 3.05) is 13.7 Å². The van der Waals surface area contributed by atoms with Crippen LogP contribution in [0.1, 0.15) is 22.8 Å². The fourth-order valence-corrected chi connectivity index (χ4v) is 2.78. The molecule has 0 atom stereocenters. The molecular formula is C20H18O5. The normalized spacial score (nSPS) is 10.7. The molecule has 0 bridgehead atoms. The number of ether oxygens (including phenoxy) is 2. The van der Waals surface area contributed by atoms with Crippen molar-refractivity contribution in [3.8, 4) is 16.9 Å². The highest BCUT2D eigenvalue weighted by Gasteiger charge is 2.15. The number of esters is 1. The Balaban J connectivity index is 2.09. The molecule has 3 rings (SSSR count). The molecule has 1 aromatic heterocycles. The SMILES string of the molecule is CCOC(=O)c1ccc(-c2c(C)c3ccc(OC)cc3oc2=O)cc1. The van der Waals surface area contributed by atoms with E-state index in [2.05, 4.69) is 0 Å². The van der Waals surface area contributed by atoms with Crippen molar-refractivity contribution in [1.29, 1.82) is 0 Å². The molecule has 25 heavy (non-hydrogen) atoms. The fourth-order valence-electron chi connectivity index (χ4n) is 2.78. The number of benzene rings is 2. The minimum absolute atomic E-state index is 0.317. The quantitative estimate of drug-likeness (QED) is 0.532. The van der Waals surface area contributed by atoms with Crippen molar-refractivity contribution in [3.05, 3.63) is 64.0 Å². The third-order valence-corrected chi connectivity index (χ3v) is 4.06. The Kier molecular flexibility index (Phi) is 4.57. The van der Waals surface area contributed by atoms with Gasteiger partial charge in [-0.2, -0.15) is 0 Å². The van der Waals surface area contributed by atoms with Crippen LogP contribution >= 0.6 is 0 Å². The van der Waals surface area contributed by atoms with Gasteiger partial charge in [-0.3, -0.25) is 0 Å². The van der Waals surface area contributed by atoms with Crippen LogP contribution < -0.4 is 10.4 Å². The summed E-state index contributed by atoms with van der Waals surface area (Å²) in [5.74, 6) is 0.241. The summed E-state index contributed by atoms with van der Waals surface area (Å²) in [5.41, 5.74) is 2.48. The largest absolute Gasteiger partial charge is 0.497 e. The third-order valence-electron chi connectivity index (χ3n) is 4.06. The predicted molar refractivity (Wildman–Crippen MR) is 95.2 cm³/mol. The smallest absolute Gasteiger partial charge is 0.344 e. The molecular weight excluding hydrogens is 320 g/mol. The maximum absolute atomic E-state index is 12.5. The monoisotopic (exact) mass is 338 g/mol. The molecule has 0 saturated heterocycles. The van der Waals surface area contributed by atoms with Gasteiger partial charge >= 0.3 is 11.6 Å². The first-order chi connectivity index (χ1) is 12.0. The van der Waals surface area contributed by atoms with Crippen molar-refractivity contribution in [2.45, 2.75) is 13.8 Å².